The zero-order valence-electron chi connectivity index (χ0n) is 15.6. The van der Waals surface area contributed by atoms with Crippen LogP contribution in [0.4, 0.5) is 0 Å². The van der Waals surface area contributed by atoms with Gasteiger partial charge in [-0.15, -0.1) is 0 Å². The lowest BCUT2D eigenvalue weighted by atomic mass is 9.85. The number of amides is 1. The zero-order chi connectivity index (χ0) is 18.6. The van der Waals surface area contributed by atoms with Crippen molar-refractivity contribution in [3.63, 3.8) is 0 Å². The van der Waals surface area contributed by atoms with Crippen molar-refractivity contribution in [2.24, 2.45) is 5.92 Å². The zero-order valence-corrected chi connectivity index (χ0v) is 15.6. The number of nitrogens with zero attached hydrogens (tertiary/aromatic N) is 3. The Morgan fingerprint density at radius 3 is 2.70 bits per heavy atom. The molecule has 1 aliphatic heterocycles. The molecule has 0 unspecified atom stereocenters. The molecule has 27 heavy (non-hydrogen) atoms. The third-order valence-corrected chi connectivity index (χ3v) is 5.94. The summed E-state index contributed by atoms with van der Waals surface area (Å²) in [7, 11) is 0. The van der Waals surface area contributed by atoms with E-state index in [0.29, 0.717) is 30.1 Å². The van der Waals surface area contributed by atoms with E-state index in [-0.39, 0.29) is 17.6 Å². The van der Waals surface area contributed by atoms with Crippen molar-refractivity contribution in [2.45, 2.75) is 50.9 Å². The van der Waals surface area contributed by atoms with E-state index in [1.54, 1.807) is 30.7 Å². The lowest BCUT2D eigenvalue weighted by Gasteiger charge is -2.32. The lowest BCUT2D eigenvalue weighted by Crippen LogP contribution is -2.42. The first-order valence-corrected chi connectivity index (χ1v) is 10.0. The van der Waals surface area contributed by atoms with Crippen molar-refractivity contribution in [3.05, 3.63) is 47.5 Å². The number of aromatic amines is 1. The highest BCUT2D eigenvalue weighted by atomic mass is 16.2. The molecule has 1 aliphatic carbocycles. The van der Waals surface area contributed by atoms with E-state index >= 15 is 0 Å². The van der Waals surface area contributed by atoms with Crippen LogP contribution in [0.3, 0.4) is 0 Å². The van der Waals surface area contributed by atoms with Crippen molar-refractivity contribution >= 4 is 11.7 Å². The maximum atomic E-state index is 13.2. The molecule has 142 valence electrons. The number of carbonyl (C=O) groups excluding carboxylic acids is 2. The quantitative estimate of drug-likeness (QED) is 0.839. The molecule has 0 spiro atoms. The van der Waals surface area contributed by atoms with Crippen molar-refractivity contribution < 1.29 is 9.59 Å². The van der Waals surface area contributed by atoms with Gasteiger partial charge in [0.25, 0.3) is 5.91 Å². The molecule has 4 rings (SSSR count). The number of nitrogens with one attached hydrogen (secondary N) is 1. The van der Waals surface area contributed by atoms with E-state index in [4.69, 9.17) is 0 Å². The Labute approximate surface area is 159 Å². The summed E-state index contributed by atoms with van der Waals surface area (Å²) in [6.07, 6.45) is 12.5. The predicted molar refractivity (Wildman–Crippen MR) is 102 cm³/mol. The molecule has 1 atom stereocenters. The van der Waals surface area contributed by atoms with E-state index in [0.717, 1.165) is 31.4 Å². The summed E-state index contributed by atoms with van der Waals surface area (Å²) in [6.45, 7) is 1.17. The van der Waals surface area contributed by atoms with Gasteiger partial charge in [0.1, 0.15) is 0 Å². The van der Waals surface area contributed by atoms with Crippen LogP contribution in [-0.4, -0.2) is 44.9 Å². The third-order valence-electron chi connectivity index (χ3n) is 5.94. The van der Waals surface area contributed by atoms with Crippen LogP contribution < -0.4 is 0 Å². The van der Waals surface area contributed by atoms with Crippen LogP contribution in [0.5, 0.6) is 0 Å². The van der Waals surface area contributed by atoms with Gasteiger partial charge in [-0.2, -0.15) is 5.10 Å². The number of rotatable bonds is 4. The average Bonchev–Trinajstić information content (AvgIpc) is 3.24. The summed E-state index contributed by atoms with van der Waals surface area (Å²) in [5, 5.41) is 7.25. The largest absolute Gasteiger partial charge is 0.338 e. The number of hydrogen-bond donors (Lipinski definition) is 1. The van der Waals surface area contributed by atoms with Crippen molar-refractivity contribution in [1.29, 1.82) is 0 Å². The van der Waals surface area contributed by atoms with Gasteiger partial charge in [0.15, 0.2) is 5.78 Å². The van der Waals surface area contributed by atoms with Crippen LogP contribution in [-0.2, 0) is 0 Å². The Morgan fingerprint density at radius 1 is 1.07 bits per heavy atom. The molecule has 6 nitrogen and oxygen atoms in total. The number of H-pyrrole nitrogens is 1. The number of Topliss-reactive ketones (excluding diaryl/α,β-unsaturated/α-hetero) is 1. The van der Waals surface area contributed by atoms with Crippen LogP contribution in [0.15, 0.2) is 30.7 Å². The molecule has 2 aromatic rings. The number of piperidine rings is 1. The molecule has 2 aromatic heterocycles. The van der Waals surface area contributed by atoms with E-state index in [2.05, 4.69) is 15.2 Å². The lowest BCUT2D eigenvalue weighted by molar-refractivity contribution is 0.0635. The number of ketones is 1. The minimum absolute atomic E-state index is 0.00742. The van der Waals surface area contributed by atoms with Gasteiger partial charge in [0, 0.05) is 42.9 Å². The highest BCUT2D eigenvalue weighted by molar-refractivity contribution is 5.99. The number of carbonyl (C=O) groups is 2. The second-order valence-corrected chi connectivity index (χ2v) is 7.73. The second kappa shape index (κ2) is 8.03. The van der Waals surface area contributed by atoms with Gasteiger partial charge < -0.3 is 4.90 Å². The van der Waals surface area contributed by atoms with E-state index in [9.17, 15) is 9.59 Å². The minimum atomic E-state index is -0.156. The van der Waals surface area contributed by atoms with Gasteiger partial charge in [-0.25, -0.2) is 0 Å². The Morgan fingerprint density at radius 2 is 1.93 bits per heavy atom. The molecule has 0 bridgehead atoms. The number of pyridine rings is 1. The van der Waals surface area contributed by atoms with Crippen LogP contribution in [0.2, 0.25) is 0 Å². The molecule has 0 aromatic carbocycles. The summed E-state index contributed by atoms with van der Waals surface area (Å²) < 4.78 is 0. The maximum absolute atomic E-state index is 13.2. The van der Waals surface area contributed by atoms with Crippen molar-refractivity contribution in [3.8, 4) is 0 Å². The highest BCUT2D eigenvalue weighted by Gasteiger charge is 2.32. The third kappa shape index (κ3) is 3.80. The highest BCUT2D eigenvalue weighted by Crippen LogP contribution is 2.34. The Balaban J connectivity index is 1.48. The summed E-state index contributed by atoms with van der Waals surface area (Å²) in [6, 6.07) is 3.58. The molecule has 6 heteroatoms. The number of hydrogen-bond acceptors (Lipinski definition) is 4. The fourth-order valence-electron chi connectivity index (χ4n) is 4.46. The molecular weight excluding hydrogens is 340 g/mol. The van der Waals surface area contributed by atoms with Gasteiger partial charge in [-0.05, 0) is 37.8 Å². The summed E-state index contributed by atoms with van der Waals surface area (Å²) >= 11 is 0. The smallest absolute Gasteiger partial charge is 0.257 e. The monoisotopic (exact) mass is 366 g/mol. The molecule has 0 radical (unpaired) electrons. The summed E-state index contributed by atoms with van der Waals surface area (Å²) in [5.74, 6) is 0.336. The van der Waals surface area contributed by atoms with Crippen LogP contribution in [0, 0.1) is 5.92 Å². The van der Waals surface area contributed by atoms with E-state index in [1.165, 1.54) is 19.3 Å². The predicted octanol–water partition coefficient (Wildman–Crippen LogP) is 3.59. The van der Waals surface area contributed by atoms with Crippen molar-refractivity contribution in [1.82, 2.24) is 20.1 Å². The van der Waals surface area contributed by atoms with Crippen molar-refractivity contribution in [2.75, 3.05) is 13.1 Å². The second-order valence-electron chi connectivity index (χ2n) is 7.73. The number of aromatic nitrogens is 3. The molecule has 1 saturated carbocycles. The molecule has 2 aliphatic rings. The normalized spacial score (nSPS) is 21.2. The maximum Gasteiger partial charge on any atom is 0.257 e. The molecule has 1 saturated heterocycles. The van der Waals surface area contributed by atoms with Crippen LogP contribution >= 0.6 is 0 Å². The van der Waals surface area contributed by atoms with E-state index in [1.807, 2.05) is 4.90 Å². The minimum Gasteiger partial charge on any atom is -0.338 e. The number of likely N-dealkylation sites (tertiary alicyclic amines) is 1. The first-order chi connectivity index (χ1) is 13.2. The fourth-order valence-corrected chi connectivity index (χ4v) is 4.46. The van der Waals surface area contributed by atoms with Gasteiger partial charge in [0.05, 0.1) is 17.5 Å². The first-order valence-electron chi connectivity index (χ1n) is 10.0. The summed E-state index contributed by atoms with van der Waals surface area (Å²) in [5.41, 5.74) is 2.31. The van der Waals surface area contributed by atoms with Gasteiger partial charge in [-0.3, -0.25) is 19.7 Å². The molecule has 1 amide bonds. The molecular formula is C21H26N4O2. The fraction of sp³-hybridized carbons (Fsp3) is 0.524. The Kier molecular flexibility index (Phi) is 5.32. The van der Waals surface area contributed by atoms with Gasteiger partial charge in [-0.1, -0.05) is 19.3 Å². The molecule has 2 fully saturated rings. The topological polar surface area (TPSA) is 79.0 Å². The molecule has 1 N–H and O–H groups in total. The SMILES string of the molecule is O=C(c1cccnc1)[C@@H]1CCCN(C(=O)c2cn[nH]c2C2CCCCC2)C1. The first kappa shape index (κ1) is 17.9. The summed E-state index contributed by atoms with van der Waals surface area (Å²) in [4.78, 5) is 31.8. The standard InChI is InChI=1S/C21H26N4O2/c26-20(16-8-4-10-22-12-16)17-9-5-11-25(14-17)21(27)18-13-23-24-19(18)15-6-2-1-3-7-15/h4,8,10,12-13,15,17H,1-3,5-7,9,11,14H2,(H,23,24)/t17-/m1/s1. The van der Waals surface area contributed by atoms with Crippen LogP contribution in [0.25, 0.3) is 0 Å². The van der Waals surface area contributed by atoms with Crippen LogP contribution in [0.1, 0.15) is 77.3 Å². The van der Waals surface area contributed by atoms with Gasteiger partial charge >= 0.3 is 0 Å². The average molecular weight is 366 g/mol. The Hall–Kier alpha value is -2.50. The Bertz CT molecular complexity index is 796. The van der Waals surface area contributed by atoms with Gasteiger partial charge in [0.2, 0.25) is 0 Å². The van der Waals surface area contributed by atoms with E-state index < -0.39 is 0 Å². The molecule has 3 heterocycles.